The second-order valence-corrected chi connectivity index (χ2v) is 3.59. The number of benzene rings is 1. The van der Waals surface area contributed by atoms with Gasteiger partial charge in [0.1, 0.15) is 0 Å². The fraction of sp³-hybridized carbons (Fsp3) is 0.200. The van der Waals surface area contributed by atoms with E-state index in [2.05, 4.69) is 5.10 Å². The van der Waals surface area contributed by atoms with Crippen LogP contribution >= 0.6 is 11.6 Å². The zero-order chi connectivity index (χ0) is 10.3. The van der Waals surface area contributed by atoms with Crippen LogP contribution in [0.3, 0.4) is 0 Å². The fourth-order valence-corrected chi connectivity index (χ4v) is 1.98. The van der Waals surface area contributed by atoms with E-state index in [-0.39, 0.29) is 0 Å². The number of aryl methyl sites for hydroxylation is 2. The molecule has 1 aromatic carbocycles. The van der Waals surface area contributed by atoms with E-state index in [0.29, 0.717) is 10.6 Å². The summed E-state index contributed by atoms with van der Waals surface area (Å²) in [7, 11) is 1.82. The van der Waals surface area contributed by atoms with Crippen molar-refractivity contribution in [3.05, 3.63) is 28.4 Å². The van der Waals surface area contributed by atoms with Crippen molar-refractivity contribution in [1.82, 2.24) is 9.78 Å². The van der Waals surface area contributed by atoms with Crippen LogP contribution in [0.1, 0.15) is 16.1 Å². The number of aldehydes is 1. The highest BCUT2D eigenvalue weighted by Crippen LogP contribution is 2.27. The second-order valence-electron chi connectivity index (χ2n) is 3.19. The topological polar surface area (TPSA) is 34.9 Å². The van der Waals surface area contributed by atoms with Gasteiger partial charge in [-0.3, -0.25) is 9.48 Å². The first kappa shape index (κ1) is 9.21. The molecule has 0 aliphatic rings. The molecule has 1 heterocycles. The van der Waals surface area contributed by atoms with Crippen LogP contribution in [0.15, 0.2) is 12.1 Å². The molecule has 2 aromatic rings. The summed E-state index contributed by atoms with van der Waals surface area (Å²) in [5.74, 6) is 0. The standard InChI is InChI=1S/C10H9ClN2O/c1-6-9-7(5-14)3-4-8(11)10(9)13(2)12-6/h3-5H,1-2H3. The van der Waals surface area contributed by atoms with Gasteiger partial charge in [-0.1, -0.05) is 11.6 Å². The Hall–Kier alpha value is -1.35. The van der Waals surface area contributed by atoms with Crippen LogP contribution in [0, 0.1) is 6.92 Å². The van der Waals surface area contributed by atoms with Crippen LogP contribution in [0.2, 0.25) is 5.02 Å². The Morgan fingerprint density at radius 2 is 2.21 bits per heavy atom. The molecule has 0 saturated carbocycles. The Bertz CT molecular complexity index is 516. The number of fused-ring (bicyclic) bond motifs is 1. The van der Waals surface area contributed by atoms with Crippen molar-refractivity contribution in [2.24, 2.45) is 7.05 Å². The third kappa shape index (κ3) is 1.13. The van der Waals surface area contributed by atoms with Crippen molar-refractivity contribution in [3.8, 4) is 0 Å². The third-order valence-corrected chi connectivity index (χ3v) is 2.58. The van der Waals surface area contributed by atoms with Gasteiger partial charge < -0.3 is 0 Å². The maximum Gasteiger partial charge on any atom is 0.150 e. The monoisotopic (exact) mass is 208 g/mol. The van der Waals surface area contributed by atoms with Crippen molar-refractivity contribution in [3.63, 3.8) is 0 Å². The van der Waals surface area contributed by atoms with E-state index in [4.69, 9.17) is 11.6 Å². The average Bonchev–Trinajstić information content (AvgIpc) is 2.44. The molecule has 2 rings (SSSR count). The highest BCUT2D eigenvalue weighted by Gasteiger charge is 2.11. The third-order valence-electron chi connectivity index (χ3n) is 2.27. The summed E-state index contributed by atoms with van der Waals surface area (Å²) in [6.07, 6.45) is 0.827. The lowest BCUT2D eigenvalue weighted by Crippen LogP contribution is -1.90. The van der Waals surface area contributed by atoms with Gasteiger partial charge in [0.15, 0.2) is 6.29 Å². The van der Waals surface area contributed by atoms with E-state index in [9.17, 15) is 4.79 Å². The van der Waals surface area contributed by atoms with E-state index < -0.39 is 0 Å². The quantitative estimate of drug-likeness (QED) is 0.675. The maximum absolute atomic E-state index is 10.8. The van der Waals surface area contributed by atoms with Crippen LogP contribution in [0.25, 0.3) is 10.9 Å². The van der Waals surface area contributed by atoms with Gasteiger partial charge in [0.2, 0.25) is 0 Å². The summed E-state index contributed by atoms with van der Waals surface area (Å²) in [4.78, 5) is 10.8. The lowest BCUT2D eigenvalue weighted by molar-refractivity contribution is 0.112. The minimum atomic E-state index is 0.619. The van der Waals surface area contributed by atoms with E-state index in [1.54, 1.807) is 16.8 Å². The number of hydrogen-bond donors (Lipinski definition) is 0. The van der Waals surface area contributed by atoms with Crippen LogP contribution in [-0.2, 0) is 7.05 Å². The molecule has 0 fully saturated rings. The predicted octanol–water partition coefficient (Wildman–Crippen LogP) is 2.35. The van der Waals surface area contributed by atoms with Gasteiger partial charge in [-0.15, -0.1) is 0 Å². The van der Waals surface area contributed by atoms with E-state index in [0.717, 1.165) is 22.9 Å². The summed E-state index contributed by atoms with van der Waals surface area (Å²) < 4.78 is 1.69. The average molecular weight is 209 g/mol. The molecule has 0 saturated heterocycles. The van der Waals surface area contributed by atoms with Crippen LogP contribution in [0.4, 0.5) is 0 Å². The Labute approximate surface area is 86.3 Å². The van der Waals surface area contributed by atoms with E-state index in [1.807, 2.05) is 14.0 Å². The summed E-state index contributed by atoms with van der Waals surface area (Å²) in [6, 6.07) is 3.43. The van der Waals surface area contributed by atoms with Crippen LogP contribution < -0.4 is 0 Å². The number of carbonyl (C=O) groups is 1. The first-order chi connectivity index (χ1) is 6.65. The molecule has 0 aliphatic carbocycles. The van der Waals surface area contributed by atoms with Gasteiger partial charge >= 0.3 is 0 Å². The zero-order valence-corrected chi connectivity index (χ0v) is 8.67. The molecule has 0 atom stereocenters. The summed E-state index contributed by atoms with van der Waals surface area (Å²) in [6.45, 7) is 1.87. The molecular weight excluding hydrogens is 200 g/mol. The molecule has 3 nitrogen and oxygen atoms in total. The van der Waals surface area contributed by atoms with E-state index >= 15 is 0 Å². The van der Waals surface area contributed by atoms with Crippen LogP contribution in [0.5, 0.6) is 0 Å². The number of halogens is 1. The molecule has 72 valence electrons. The van der Waals surface area contributed by atoms with Gasteiger partial charge in [-0.25, -0.2) is 0 Å². The number of aromatic nitrogens is 2. The van der Waals surface area contributed by atoms with Gasteiger partial charge in [-0.2, -0.15) is 5.10 Å². The zero-order valence-electron chi connectivity index (χ0n) is 7.91. The Morgan fingerprint density at radius 3 is 2.86 bits per heavy atom. The molecule has 1 aromatic heterocycles. The summed E-state index contributed by atoms with van der Waals surface area (Å²) >= 11 is 6.03. The lowest BCUT2D eigenvalue weighted by atomic mass is 10.1. The van der Waals surface area contributed by atoms with Crippen molar-refractivity contribution >= 4 is 28.8 Å². The van der Waals surface area contributed by atoms with Gasteiger partial charge in [0, 0.05) is 18.0 Å². The number of carbonyl (C=O) groups excluding carboxylic acids is 1. The summed E-state index contributed by atoms with van der Waals surface area (Å²) in [5.41, 5.74) is 2.27. The van der Waals surface area contributed by atoms with Crippen molar-refractivity contribution in [2.45, 2.75) is 6.92 Å². The minimum absolute atomic E-state index is 0.619. The summed E-state index contributed by atoms with van der Waals surface area (Å²) in [5, 5.41) is 5.69. The highest BCUT2D eigenvalue weighted by atomic mass is 35.5. The minimum Gasteiger partial charge on any atom is -0.298 e. The normalized spacial score (nSPS) is 10.8. The molecule has 4 heteroatoms. The van der Waals surface area contributed by atoms with Gasteiger partial charge in [0.25, 0.3) is 0 Å². The Kier molecular flexibility index (Phi) is 2.04. The molecule has 0 radical (unpaired) electrons. The molecule has 0 bridgehead atoms. The molecule has 0 N–H and O–H groups in total. The van der Waals surface area contributed by atoms with Gasteiger partial charge in [-0.05, 0) is 19.1 Å². The molecular formula is C10H9ClN2O. The van der Waals surface area contributed by atoms with E-state index in [1.165, 1.54) is 0 Å². The van der Waals surface area contributed by atoms with Crippen molar-refractivity contribution in [2.75, 3.05) is 0 Å². The fourth-order valence-electron chi connectivity index (χ4n) is 1.70. The number of rotatable bonds is 1. The smallest absolute Gasteiger partial charge is 0.150 e. The van der Waals surface area contributed by atoms with Crippen molar-refractivity contribution < 1.29 is 4.79 Å². The predicted molar refractivity (Wildman–Crippen MR) is 55.8 cm³/mol. The van der Waals surface area contributed by atoms with Crippen molar-refractivity contribution in [1.29, 1.82) is 0 Å². The largest absolute Gasteiger partial charge is 0.298 e. The number of hydrogen-bond acceptors (Lipinski definition) is 2. The lowest BCUT2D eigenvalue weighted by Gasteiger charge is -1.99. The van der Waals surface area contributed by atoms with Gasteiger partial charge in [0.05, 0.1) is 16.2 Å². The second kappa shape index (κ2) is 3.10. The maximum atomic E-state index is 10.8. The van der Waals surface area contributed by atoms with Crippen LogP contribution in [-0.4, -0.2) is 16.1 Å². The highest BCUT2D eigenvalue weighted by molar-refractivity contribution is 6.35. The Morgan fingerprint density at radius 1 is 1.50 bits per heavy atom. The molecule has 0 unspecified atom stereocenters. The molecule has 0 amide bonds. The first-order valence-electron chi connectivity index (χ1n) is 4.22. The first-order valence-corrected chi connectivity index (χ1v) is 4.60. The molecule has 0 spiro atoms. The Balaban J connectivity index is 3.01. The molecule has 0 aliphatic heterocycles. The number of nitrogens with zero attached hydrogens (tertiary/aromatic N) is 2. The molecule has 14 heavy (non-hydrogen) atoms. The SMILES string of the molecule is Cc1nn(C)c2c(Cl)ccc(C=O)c12.